The molecule has 3 fully saturated rings. The number of rotatable bonds is 5. The predicted octanol–water partition coefficient (Wildman–Crippen LogP) is 1.14. The molecule has 3 aliphatic rings. The number of hydrogen-bond donors (Lipinski definition) is 2. The third-order valence-electron chi connectivity index (χ3n) is 6.03. The molecule has 3 heterocycles. The van der Waals surface area contributed by atoms with Gasteiger partial charge in [0.1, 0.15) is 5.82 Å². The zero-order chi connectivity index (χ0) is 17.9. The number of nitrogens with zero attached hydrogens (tertiary/aromatic N) is 3. The first kappa shape index (κ1) is 17.5. The standard InChI is InChI=1S/C19H29N5O2/c25-18(22-12-17-20-7-8-21-17)15-2-1-9-24(13-15)16-5-10-23(11-6-16)19(26)14-3-4-14/h7-8,14-16H,1-6,9-13H2,(H,20,21)(H,22,25)/t15-/m0/s1. The van der Waals surface area contributed by atoms with E-state index in [1.165, 1.54) is 0 Å². The van der Waals surface area contributed by atoms with Crippen LogP contribution in [-0.4, -0.2) is 63.8 Å². The molecule has 142 valence electrons. The Morgan fingerprint density at radius 3 is 2.62 bits per heavy atom. The normalized spacial score (nSPS) is 25.2. The molecular weight excluding hydrogens is 330 g/mol. The summed E-state index contributed by atoms with van der Waals surface area (Å²) in [7, 11) is 0. The van der Waals surface area contributed by atoms with Gasteiger partial charge in [-0.05, 0) is 45.1 Å². The van der Waals surface area contributed by atoms with Gasteiger partial charge in [0.15, 0.2) is 0 Å². The highest BCUT2D eigenvalue weighted by Crippen LogP contribution is 2.32. The Morgan fingerprint density at radius 2 is 1.92 bits per heavy atom. The number of nitrogens with one attached hydrogen (secondary N) is 2. The van der Waals surface area contributed by atoms with Gasteiger partial charge in [-0.25, -0.2) is 4.98 Å². The lowest BCUT2D eigenvalue weighted by Gasteiger charge is -2.42. The van der Waals surface area contributed by atoms with Crippen LogP contribution in [0.25, 0.3) is 0 Å². The zero-order valence-electron chi connectivity index (χ0n) is 15.3. The van der Waals surface area contributed by atoms with Crippen LogP contribution in [0.1, 0.15) is 44.3 Å². The third kappa shape index (κ3) is 4.09. The maximum atomic E-state index is 12.5. The number of H-pyrrole nitrogens is 1. The second kappa shape index (κ2) is 7.78. The van der Waals surface area contributed by atoms with E-state index in [2.05, 4.69) is 25.1 Å². The van der Waals surface area contributed by atoms with Crippen molar-refractivity contribution in [1.29, 1.82) is 0 Å². The monoisotopic (exact) mass is 359 g/mol. The first-order chi connectivity index (χ1) is 12.7. The molecule has 1 aliphatic carbocycles. The number of aromatic nitrogens is 2. The van der Waals surface area contributed by atoms with Crippen molar-refractivity contribution in [2.75, 3.05) is 26.2 Å². The first-order valence-corrected chi connectivity index (χ1v) is 9.99. The summed E-state index contributed by atoms with van der Waals surface area (Å²) < 4.78 is 0. The molecule has 2 amide bonds. The van der Waals surface area contributed by atoms with Crippen molar-refractivity contribution in [3.05, 3.63) is 18.2 Å². The molecule has 1 aromatic rings. The van der Waals surface area contributed by atoms with Crippen molar-refractivity contribution in [3.63, 3.8) is 0 Å². The maximum absolute atomic E-state index is 12.5. The highest BCUT2D eigenvalue weighted by atomic mass is 16.2. The quantitative estimate of drug-likeness (QED) is 0.826. The van der Waals surface area contributed by atoms with Crippen LogP contribution in [0.3, 0.4) is 0 Å². The van der Waals surface area contributed by atoms with E-state index < -0.39 is 0 Å². The molecule has 2 aliphatic heterocycles. The molecule has 0 radical (unpaired) electrons. The molecule has 1 saturated carbocycles. The van der Waals surface area contributed by atoms with E-state index in [9.17, 15) is 9.59 Å². The molecule has 0 aromatic carbocycles. The Hall–Kier alpha value is -1.89. The lowest BCUT2D eigenvalue weighted by atomic mass is 9.93. The van der Waals surface area contributed by atoms with Crippen molar-refractivity contribution in [2.24, 2.45) is 11.8 Å². The summed E-state index contributed by atoms with van der Waals surface area (Å²) in [6, 6.07) is 0.513. The van der Waals surface area contributed by atoms with E-state index in [-0.39, 0.29) is 11.8 Å². The van der Waals surface area contributed by atoms with Crippen LogP contribution < -0.4 is 5.32 Å². The van der Waals surface area contributed by atoms with Gasteiger partial charge in [0, 0.05) is 44.0 Å². The second-order valence-corrected chi connectivity index (χ2v) is 7.92. The second-order valence-electron chi connectivity index (χ2n) is 7.92. The van der Waals surface area contributed by atoms with Crippen LogP contribution in [-0.2, 0) is 16.1 Å². The van der Waals surface area contributed by atoms with E-state index in [1.807, 2.05) is 0 Å². The summed E-state index contributed by atoms with van der Waals surface area (Å²) >= 11 is 0. The fraction of sp³-hybridized carbons (Fsp3) is 0.737. The van der Waals surface area contributed by atoms with Gasteiger partial charge in [0.25, 0.3) is 0 Å². The molecule has 1 atom stereocenters. The number of likely N-dealkylation sites (tertiary alicyclic amines) is 2. The molecule has 2 saturated heterocycles. The van der Waals surface area contributed by atoms with Crippen LogP contribution in [0, 0.1) is 11.8 Å². The maximum Gasteiger partial charge on any atom is 0.225 e. The molecule has 4 rings (SSSR count). The summed E-state index contributed by atoms with van der Waals surface area (Å²) in [5.41, 5.74) is 0. The minimum atomic E-state index is 0.0600. The van der Waals surface area contributed by atoms with Gasteiger partial charge in [-0.1, -0.05) is 0 Å². The SMILES string of the molecule is O=C(NCc1ncc[nH]1)[C@H]1CCCN(C2CCN(C(=O)C3CC3)CC2)C1. The Labute approximate surface area is 154 Å². The number of aromatic amines is 1. The zero-order valence-corrected chi connectivity index (χ0v) is 15.3. The molecule has 0 bridgehead atoms. The van der Waals surface area contributed by atoms with Crippen molar-refractivity contribution in [2.45, 2.75) is 51.1 Å². The lowest BCUT2D eigenvalue weighted by Crippen LogP contribution is -2.51. The molecular formula is C19H29N5O2. The average molecular weight is 359 g/mol. The van der Waals surface area contributed by atoms with Crippen LogP contribution >= 0.6 is 0 Å². The van der Waals surface area contributed by atoms with E-state index in [0.717, 1.165) is 70.5 Å². The lowest BCUT2D eigenvalue weighted by molar-refractivity contribution is -0.134. The molecule has 7 heteroatoms. The largest absolute Gasteiger partial charge is 0.349 e. The van der Waals surface area contributed by atoms with Gasteiger partial charge in [0.05, 0.1) is 12.5 Å². The van der Waals surface area contributed by atoms with Crippen molar-refractivity contribution >= 4 is 11.8 Å². The fourth-order valence-electron chi connectivity index (χ4n) is 4.30. The molecule has 0 spiro atoms. The summed E-state index contributed by atoms with van der Waals surface area (Å²) in [6.45, 7) is 4.14. The van der Waals surface area contributed by atoms with Crippen molar-refractivity contribution in [1.82, 2.24) is 25.1 Å². The first-order valence-electron chi connectivity index (χ1n) is 9.99. The number of amides is 2. The number of piperidine rings is 2. The molecule has 2 N–H and O–H groups in total. The Bertz CT molecular complexity index is 620. The summed E-state index contributed by atoms with van der Waals surface area (Å²) in [5, 5.41) is 3.01. The predicted molar refractivity (Wildman–Crippen MR) is 97.1 cm³/mol. The molecule has 1 aromatic heterocycles. The number of imidazole rings is 1. The smallest absolute Gasteiger partial charge is 0.225 e. The minimum Gasteiger partial charge on any atom is -0.349 e. The van der Waals surface area contributed by atoms with E-state index in [1.54, 1.807) is 12.4 Å². The summed E-state index contributed by atoms with van der Waals surface area (Å²) in [4.78, 5) is 36.4. The Balaban J connectivity index is 1.24. The molecule has 7 nitrogen and oxygen atoms in total. The Morgan fingerprint density at radius 1 is 1.12 bits per heavy atom. The Kier molecular flexibility index (Phi) is 5.24. The highest BCUT2D eigenvalue weighted by Gasteiger charge is 2.37. The minimum absolute atomic E-state index is 0.0600. The number of carbonyl (C=O) groups excluding carboxylic acids is 2. The van der Waals surface area contributed by atoms with E-state index in [4.69, 9.17) is 0 Å². The van der Waals surface area contributed by atoms with Crippen molar-refractivity contribution in [3.8, 4) is 0 Å². The van der Waals surface area contributed by atoms with Crippen LogP contribution in [0.15, 0.2) is 12.4 Å². The summed E-state index contributed by atoms with van der Waals surface area (Å²) in [6.07, 6.45) is 9.74. The number of carbonyl (C=O) groups is 2. The fourth-order valence-corrected chi connectivity index (χ4v) is 4.30. The topological polar surface area (TPSA) is 81.3 Å². The van der Waals surface area contributed by atoms with Crippen molar-refractivity contribution < 1.29 is 9.59 Å². The third-order valence-corrected chi connectivity index (χ3v) is 6.03. The van der Waals surface area contributed by atoms with Gasteiger partial charge in [-0.15, -0.1) is 0 Å². The average Bonchev–Trinajstić information content (AvgIpc) is 3.41. The number of hydrogen-bond acceptors (Lipinski definition) is 4. The van der Waals surface area contributed by atoms with Crippen LogP contribution in [0.4, 0.5) is 0 Å². The van der Waals surface area contributed by atoms with Gasteiger partial charge < -0.3 is 15.2 Å². The van der Waals surface area contributed by atoms with Gasteiger partial charge in [0.2, 0.25) is 11.8 Å². The van der Waals surface area contributed by atoms with Gasteiger partial charge in [-0.3, -0.25) is 14.5 Å². The van der Waals surface area contributed by atoms with E-state index >= 15 is 0 Å². The summed E-state index contributed by atoms with van der Waals surface area (Å²) in [5.74, 6) is 1.68. The molecule has 26 heavy (non-hydrogen) atoms. The van der Waals surface area contributed by atoms with Gasteiger partial charge in [-0.2, -0.15) is 0 Å². The van der Waals surface area contributed by atoms with Crippen LogP contribution in [0.2, 0.25) is 0 Å². The van der Waals surface area contributed by atoms with E-state index in [0.29, 0.717) is 24.4 Å². The van der Waals surface area contributed by atoms with Gasteiger partial charge >= 0.3 is 0 Å². The highest BCUT2D eigenvalue weighted by molar-refractivity contribution is 5.81. The van der Waals surface area contributed by atoms with Crippen LogP contribution in [0.5, 0.6) is 0 Å². The molecule has 0 unspecified atom stereocenters.